The number of aromatic nitrogens is 2. The van der Waals surface area contributed by atoms with Crippen LogP contribution in [0.5, 0.6) is 5.75 Å². The lowest BCUT2D eigenvalue weighted by Gasteiger charge is -2.17. The maximum absolute atomic E-state index is 12.2. The molecule has 22 heavy (non-hydrogen) atoms. The van der Waals surface area contributed by atoms with Gasteiger partial charge in [-0.05, 0) is 24.3 Å². The number of rotatable bonds is 5. The molecule has 6 nitrogen and oxygen atoms in total. The molecule has 0 radical (unpaired) electrons. The van der Waals surface area contributed by atoms with Crippen molar-refractivity contribution in [3.63, 3.8) is 0 Å². The third-order valence-corrected chi connectivity index (χ3v) is 3.25. The molecular formula is C15H16ClN3O3. The van der Waals surface area contributed by atoms with E-state index in [2.05, 4.69) is 5.10 Å². The maximum Gasteiger partial charge on any atom is 0.274 e. The van der Waals surface area contributed by atoms with Crippen LogP contribution in [0.4, 0.5) is 0 Å². The molecule has 2 rings (SSSR count). The molecule has 0 aliphatic carbocycles. The molecule has 2 aromatic rings. The normalized spacial score (nSPS) is 10.3. The average Bonchev–Trinajstić information content (AvgIpc) is 2.49. The topological polar surface area (TPSA) is 64.4 Å². The van der Waals surface area contributed by atoms with E-state index >= 15 is 0 Å². The quantitative estimate of drug-likeness (QED) is 0.839. The van der Waals surface area contributed by atoms with Gasteiger partial charge in [-0.15, -0.1) is 0 Å². The molecule has 0 unspecified atom stereocenters. The number of benzene rings is 1. The van der Waals surface area contributed by atoms with Gasteiger partial charge in [-0.3, -0.25) is 9.59 Å². The fourth-order valence-corrected chi connectivity index (χ4v) is 1.95. The first-order valence-corrected chi connectivity index (χ1v) is 7.03. The highest BCUT2D eigenvalue weighted by Crippen LogP contribution is 2.16. The highest BCUT2D eigenvalue weighted by atomic mass is 35.5. The van der Waals surface area contributed by atoms with E-state index in [0.29, 0.717) is 23.9 Å². The van der Waals surface area contributed by atoms with Crippen molar-refractivity contribution >= 4 is 17.5 Å². The van der Waals surface area contributed by atoms with Crippen LogP contribution in [-0.2, 0) is 7.05 Å². The molecule has 0 fully saturated rings. The van der Waals surface area contributed by atoms with Crippen molar-refractivity contribution in [2.75, 3.05) is 20.2 Å². The van der Waals surface area contributed by atoms with Crippen LogP contribution >= 0.6 is 11.6 Å². The van der Waals surface area contributed by atoms with Gasteiger partial charge in [0.25, 0.3) is 11.5 Å². The third kappa shape index (κ3) is 4.08. The summed E-state index contributed by atoms with van der Waals surface area (Å²) in [4.78, 5) is 24.9. The minimum absolute atomic E-state index is 0.215. The zero-order valence-corrected chi connectivity index (χ0v) is 13.1. The Labute approximate surface area is 132 Å². The lowest BCUT2D eigenvalue weighted by molar-refractivity contribution is 0.0765. The molecular weight excluding hydrogens is 306 g/mol. The summed E-state index contributed by atoms with van der Waals surface area (Å²) < 4.78 is 6.66. The lowest BCUT2D eigenvalue weighted by atomic mass is 10.3. The molecule has 0 saturated heterocycles. The van der Waals surface area contributed by atoms with Crippen LogP contribution in [0, 0.1) is 0 Å². The van der Waals surface area contributed by atoms with E-state index in [4.69, 9.17) is 16.3 Å². The summed E-state index contributed by atoms with van der Waals surface area (Å²) >= 11 is 5.86. The summed E-state index contributed by atoms with van der Waals surface area (Å²) in [6.45, 7) is 0.713. The summed E-state index contributed by atoms with van der Waals surface area (Å²) in [5.41, 5.74) is -0.0455. The molecule has 0 saturated carbocycles. The number of likely N-dealkylation sites (N-methyl/N-ethyl adjacent to an activating group) is 1. The zero-order valence-electron chi connectivity index (χ0n) is 12.3. The van der Waals surface area contributed by atoms with Crippen LogP contribution in [0.25, 0.3) is 0 Å². The number of nitrogens with zero attached hydrogens (tertiary/aromatic N) is 3. The number of aryl methyl sites for hydroxylation is 1. The van der Waals surface area contributed by atoms with Gasteiger partial charge < -0.3 is 9.64 Å². The van der Waals surface area contributed by atoms with Gasteiger partial charge in [-0.1, -0.05) is 17.7 Å². The van der Waals surface area contributed by atoms with Gasteiger partial charge in [0, 0.05) is 25.2 Å². The second kappa shape index (κ2) is 7.09. The maximum atomic E-state index is 12.2. The lowest BCUT2D eigenvalue weighted by Crippen LogP contribution is -2.33. The Hall–Kier alpha value is -2.34. The largest absolute Gasteiger partial charge is 0.492 e. The van der Waals surface area contributed by atoms with Crippen LogP contribution in [-0.4, -0.2) is 40.8 Å². The van der Waals surface area contributed by atoms with E-state index in [9.17, 15) is 9.59 Å². The number of carbonyl (C=O) groups is 1. The standard InChI is InChI=1S/C15H16ClN3O3/c1-18(8-9-22-12-5-3-4-11(16)10-12)15(21)13-6-7-14(20)19(2)17-13/h3-7,10H,8-9H2,1-2H3. The fraction of sp³-hybridized carbons (Fsp3) is 0.267. The van der Waals surface area contributed by atoms with Gasteiger partial charge in [-0.2, -0.15) is 5.10 Å². The van der Waals surface area contributed by atoms with Gasteiger partial charge in [0.15, 0.2) is 0 Å². The van der Waals surface area contributed by atoms with Crippen LogP contribution in [0.15, 0.2) is 41.2 Å². The molecule has 1 amide bonds. The summed E-state index contributed by atoms with van der Waals surface area (Å²) in [5, 5.41) is 4.52. The van der Waals surface area contributed by atoms with E-state index in [-0.39, 0.29) is 17.2 Å². The second-order valence-corrected chi connectivity index (χ2v) is 5.15. The predicted octanol–water partition coefficient (Wildman–Crippen LogP) is 1.58. The van der Waals surface area contributed by atoms with Gasteiger partial charge in [0.2, 0.25) is 0 Å². The van der Waals surface area contributed by atoms with E-state index < -0.39 is 0 Å². The van der Waals surface area contributed by atoms with Crippen LogP contribution in [0.2, 0.25) is 5.02 Å². The van der Waals surface area contributed by atoms with Gasteiger partial charge in [-0.25, -0.2) is 4.68 Å². The van der Waals surface area contributed by atoms with Crippen molar-refractivity contribution in [3.05, 3.63) is 57.5 Å². The van der Waals surface area contributed by atoms with E-state index in [1.807, 2.05) is 0 Å². The summed E-state index contributed by atoms with van der Waals surface area (Å²) in [5.74, 6) is 0.374. The summed E-state index contributed by atoms with van der Waals surface area (Å²) in [6.07, 6.45) is 0. The fourth-order valence-electron chi connectivity index (χ4n) is 1.77. The smallest absolute Gasteiger partial charge is 0.274 e. The van der Waals surface area contributed by atoms with Crippen molar-refractivity contribution in [3.8, 4) is 5.75 Å². The molecule has 1 aromatic carbocycles. The average molecular weight is 322 g/mol. The molecule has 0 atom stereocenters. The van der Waals surface area contributed by atoms with E-state index in [1.165, 1.54) is 24.1 Å². The molecule has 7 heteroatoms. The molecule has 1 heterocycles. The van der Waals surface area contributed by atoms with Crippen LogP contribution in [0.3, 0.4) is 0 Å². The number of carbonyl (C=O) groups excluding carboxylic acids is 1. The Bertz CT molecular complexity index is 730. The highest BCUT2D eigenvalue weighted by molar-refractivity contribution is 6.30. The minimum atomic E-state index is -0.273. The van der Waals surface area contributed by atoms with Gasteiger partial charge in [0.1, 0.15) is 18.1 Å². The third-order valence-electron chi connectivity index (χ3n) is 3.02. The molecule has 0 N–H and O–H groups in total. The number of hydrogen-bond acceptors (Lipinski definition) is 4. The predicted molar refractivity (Wildman–Crippen MR) is 83.4 cm³/mol. The number of halogens is 1. The van der Waals surface area contributed by atoms with Crippen molar-refractivity contribution < 1.29 is 9.53 Å². The minimum Gasteiger partial charge on any atom is -0.492 e. The number of ether oxygens (including phenoxy) is 1. The summed E-state index contributed by atoms with van der Waals surface area (Å²) in [6, 6.07) is 9.78. The van der Waals surface area contributed by atoms with E-state index in [1.54, 1.807) is 31.3 Å². The molecule has 0 spiro atoms. The van der Waals surface area contributed by atoms with Crippen LogP contribution < -0.4 is 10.3 Å². The highest BCUT2D eigenvalue weighted by Gasteiger charge is 2.14. The second-order valence-electron chi connectivity index (χ2n) is 4.71. The molecule has 0 bridgehead atoms. The Kier molecular flexibility index (Phi) is 5.16. The monoisotopic (exact) mass is 321 g/mol. The molecule has 116 valence electrons. The van der Waals surface area contributed by atoms with Crippen molar-refractivity contribution in [1.29, 1.82) is 0 Å². The van der Waals surface area contributed by atoms with Crippen molar-refractivity contribution in [1.82, 2.24) is 14.7 Å². The van der Waals surface area contributed by atoms with Crippen LogP contribution in [0.1, 0.15) is 10.5 Å². The Morgan fingerprint density at radius 3 is 2.82 bits per heavy atom. The Morgan fingerprint density at radius 2 is 2.14 bits per heavy atom. The SMILES string of the molecule is CN(CCOc1cccc(Cl)c1)C(=O)c1ccc(=O)n(C)n1. The van der Waals surface area contributed by atoms with Crippen molar-refractivity contribution in [2.24, 2.45) is 7.05 Å². The molecule has 0 aliphatic heterocycles. The Morgan fingerprint density at radius 1 is 1.36 bits per heavy atom. The zero-order chi connectivity index (χ0) is 16.1. The van der Waals surface area contributed by atoms with Gasteiger partial charge >= 0.3 is 0 Å². The molecule has 0 aliphatic rings. The van der Waals surface area contributed by atoms with E-state index in [0.717, 1.165) is 4.68 Å². The van der Waals surface area contributed by atoms with Gasteiger partial charge in [0.05, 0.1) is 6.54 Å². The number of hydrogen-bond donors (Lipinski definition) is 0. The molecule has 1 aromatic heterocycles. The first kappa shape index (κ1) is 16.0. The first-order valence-electron chi connectivity index (χ1n) is 6.65. The summed E-state index contributed by atoms with van der Waals surface area (Å²) in [7, 11) is 3.15. The van der Waals surface area contributed by atoms with Crippen molar-refractivity contribution in [2.45, 2.75) is 0 Å². The number of amides is 1. The first-order chi connectivity index (χ1) is 10.5. The Balaban J connectivity index is 1.91.